The van der Waals surface area contributed by atoms with E-state index in [2.05, 4.69) is 31.0 Å². The molecule has 98 valence electrons. The SMILES string of the molecule is CCC(CC)NC(=O)c1ccc(C#CCCO)s1. The predicted molar refractivity (Wildman–Crippen MR) is 74.7 cm³/mol. The molecule has 0 aliphatic heterocycles. The Balaban J connectivity index is 2.63. The molecule has 0 fully saturated rings. The van der Waals surface area contributed by atoms with E-state index in [4.69, 9.17) is 5.11 Å². The van der Waals surface area contributed by atoms with Gasteiger partial charge in [-0.25, -0.2) is 0 Å². The van der Waals surface area contributed by atoms with E-state index in [1.54, 1.807) is 6.07 Å². The summed E-state index contributed by atoms with van der Waals surface area (Å²) in [5.74, 6) is 5.75. The molecular weight excluding hydrogens is 246 g/mol. The van der Waals surface area contributed by atoms with Crippen molar-refractivity contribution in [2.75, 3.05) is 6.61 Å². The minimum absolute atomic E-state index is 0.0242. The fourth-order valence-corrected chi connectivity index (χ4v) is 2.27. The molecule has 3 nitrogen and oxygen atoms in total. The summed E-state index contributed by atoms with van der Waals surface area (Å²) in [6.45, 7) is 4.20. The lowest BCUT2D eigenvalue weighted by atomic mass is 10.2. The van der Waals surface area contributed by atoms with Crippen LogP contribution in [0.5, 0.6) is 0 Å². The van der Waals surface area contributed by atoms with Gasteiger partial charge in [0.15, 0.2) is 0 Å². The average molecular weight is 265 g/mol. The van der Waals surface area contributed by atoms with Gasteiger partial charge in [0, 0.05) is 12.5 Å². The Labute approximate surface area is 112 Å². The number of aliphatic hydroxyl groups excluding tert-OH is 1. The van der Waals surface area contributed by atoms with E-state index in [0.717, 1.165) is 17.7 Å². The molecule has 0 aromatic carbocycles. The van der Waals surface area contributed by atoms with Crippen molar-refractivity contribution in [2.24, 2.45) is 0 Å². The molecule has 1 aromatic heterocycles. The van der Waals surface area contributed by atoms with Crippen LogP contribution in [0.2, 0.25) is 0 Å². The zero-order valence-corrected chi connectivity index (χ0v) is 11.6. The van der Waals surface area contributed by atoms with Crippen molar-refractivity contribution < 1.29 is 9.90 Å². The smallest absolute Gasteiger partial charge is 0.261 e. The Morgan fingerprint density at radius 3 is 2.78 bits per heavy atom. The molecule has 0 unspecified atom stereocenters. The van der Waals surface area contributed by atoms with Crippen LogP contribution in [0.4, 0.5) is 0 Å². The summed E-state index contributed by atoms with van der Waals surface area (Å²) >= 11 is 1.39. The Kier molecular flexibility index (Phi) is 6.48. The van der Waals surface area contributed by atoms with Crippen molar-refractivity contribution >= 4 is 17.2 Å². The van der Waals surface area contributed by atoms with Crippen LogP contribution in [0, 0.1) is 11.8 Å². The van der Waals surface area contributed by atoms with Crippen LogP contribution in [-0.4, -0.2) is 23.7 Å². The predicted octanol–water partition coefficient (Wildman–Crippen LogP) is 2.40. The molecule has 1 heterocycles. The molecule has 0 radical (unpaired) electrons. The van der Waals surface area contributed by atoms with Crippen LogP contribution in [0.3, 0.4) is 0 Å². The number of nitrogens with one attached hydrogen (secondary N) is 1. The van der Waals surface area contributed by atoms with Gasteiger partial charge in [-0.3, -0.25) is 4.79 Å². The number of amides is 1. The molecule has 1 rings (SSSR count). The fraction of sp³-hybridized carbons (Fsp3) is 0.500. The molecule has 0 saturated carbocycles. The van der Waals surface area contributed by atoms with Crippen molar-refractivity contribution in [3.63, 3.8) is 0 Å². The van der Waals surface area contributed by atoms with Gasteiger partial charge in [0.2, 0.25) is 0 Å². The fourth-order valence-electron chi connectivity index (χ4n) is 1.48. The standard InChI is InChI=1S/C14H19NO2S/c1-3-11(4-2)15-14(17)13-9-8-12(18-13)7-5-6-10-16/h8-9,11,16H,3-4,6,10H2,1-2H3,(H,15,17). The third-order valence-electron chi connectivity index (χ3n) is 2.60. The maximum Gasteiger partial charge on any atom is 0.261 e. The highest BCUT2D eigenvalue weighted by atomic mass is 32.1. The minimum atomic E-state index is -0.0242. The monoisotopic (exact) mass is 265 g/mol. The second-order valence-electron chi connectivity index (χ2n) is 3.93. The summed E-state index contributed by atoms with van der Waals surface area (Å²) in [6, 6.07) is 3.88. The molecule has 0 saturated heterocycles. The van der Waals surface area contributed by atoms with Crippen molar-refractivity contribution in [3.05, 3.63) is 21.9 Å². The van der Waals surface area contributed by atoms with Crippen LogP contribution >= 0.6 is 11.3 Å². The average Bonchev–Trinajstić information content (AvgIpc) is 2.85. The molecule has 2 N–H and O–H groups in total. The molecule has 0 spiro atoms. The maximum absolute atomic E-state index is 11.9. The van der Waals surface area contributed by atoms with Crippen LogP contribution in [0.1, 0.15) is 47.7 Å². The van der Waals surface area contributed by atoms with Crippen LogP contribution in [0.25, 0.3) is 0 Å². The Bertz CT molecular complexity index is 438. The van der Waals surface area contributed by atoms with Gasteiger partial charge in [-0.15, -0.1) is 11.3 Å². The maximum atomic E-state index is 11.9. The largest absolute Gasteiger partial charge is 0.395 e. The Hall–Kier alpha value is -1.31. The Morgan fingerprint density at radius 1 is 1.44 bits per heavy atom. The van der Waals surface area contributed by atoms with Crippen molar-refractivity contribution in [3.8, 4) is 11.8 Å². The topological polar surface area (TPSA) is 49.3 Å². The lowest BCUT2D eigenvalue weighted by Crippen LogP contribution is -2.33. The molecule has 4 heteroatoms. The van der Waals surface area contributed by atoms with Gasteiger partial charge in [-0.1, -0.05) is 25.7 Å². The molecule has 0 atom stereocenters. The lowest BCUT2D eigenvalue weighted by molar-refractivity contribution is 0.0939. The second-order valence-corrected chi connectivity index (χ2v) is 5.01. The zero-order valence-electron chi connectivity index (χ0n) is 10.8. The summed E-state index contributed by atoms with van der Waals surface area (Å²) in [6.07, 6.45) is 2.35. The third kappa shape index (κ3) is 4.52. The van der Waals surface area contributed by atoms with Gasteiger partial charge in [0.05, 0.1) is 16.4 Å². The number of hydrogen-bond donors (Lipinski definition) is 2. The first-order chi connectivity index (χ1) is 8.71. The molecule has 18 heavy (non-hydrogen) atoms. The first-order valence-electron chi connectivity index (χ1n) is 6.21. The quantitative estimate of drug-likeness (QED) is 0.803. The van der Waals surface area contributed by atoms with Gasteiger partial charge in [0.25, 0.3) is 5.91 Å². The molecule has 1 aromatic rings. The van der Waals surface area contributed by atoms with E-state index in [9.17, 15) is 4.79 Å². The number of aliphatic hydroxyl groups is 1. The van der Waals surface area contributed by atoms with Gasteiger partial charge in [-0.05, 0) is 25.0 Å². The van der Waals surface area contributed by atoms with Crippen LogP contribution in [-0.2, 0) is 0 Å². The summed E-state index contributed by atoms with van der Waals surface area (Å²) in [4.78, 5) is 13.5. The van der Waals surface area contributed by atoms with Gasteiger partial charge in [-0.2, -0.15) is 0 Å². The van der Waals surface area contributed by atoms with Crippen LogP contribution in [0.15, 0.2) is 12.1 Å². The third-order valence-corrected chi connectivity index (χ3v) is 3.60. The van der Waals surface area contributed by atoms with E-state index < -0.39 is 0 Å². The second kappa shape index (κ2) is 7.91. The van der Waals surface area contributed by atoms with Crippen molar-refractivity contribution in [2.45, 2.75) is 39.2 Å². The normalized spacial score (nSPS) is 10.0. The van der Waals surface area contributed by atoms with E-state index >= 15 is 0 Å². The van der Waals surface area contributed by atoms with Gasteiger partial charge >= 0.3 is 0 Å². The number of hydrogen-bond acceptors (Lipinski definition) is 3. The summed E-state index contributed by atoms with van der Waals surface area (Å²) in [5, 5.41) is 11.6. The first kappa shape index (κ1) is 14.7. The molecular formula is C14H19NO2S. The Morgan fingerprint density at radius 2 is 2.17 bits per heavy atom. The molecule has 1 amide bonds. The van der Waals surface area contributed by atoms with Gasteiger partial charge < -0.3 is 10.4 Å². The summed E-state index contributed by atoms with van der Waals surface area (Å²) in [7, 11) is 0. The van der Waals surface area contributed by atoms with Gasteiger partial charge in [0.1, 0.15) is 0 Å². The summed E-state index contributed by atoms with van der Waals surface area (Å²) < 4.78 is 0. The summed E-state index contributed by atoms with van der Waals surface area (Å²) in [5.41, 5.74) is 0. The van der Waals surface area contributed by atoms with Crippen molar-refractivity contribution in [1.29, 1.82) is 0 Å². The number of thiophene rings is 1. The molecule has 0 aliphatic rings. The molecule has 0 aliphatic carbocycles. The van der Waals surface area contributed by atoms with E-state index in [1.807, 2.05) is 6.07 Å². The number of rotatable bonds is 5. The highest BCUT2D eigenvalue weighted by molar-refractivity contribution is 7.14. The van der Waals surface area contributed by atoms with Crippen LogP contribution < -0.4 is 5.32 Å². The van der Waals surface area contributed by atoms with E-state index in [-0.39, 0.29) is 18.6 Å². The highest BCUT2D eigenvalue weighted by Crippen LogP contribution is 2.15. The molecule has 0 bridgehead atoms. The number of carbonyl (C=O) groups is 1. The highest BCUT2D eigenvalue weighted by Gasteiger charge is 2.12. The van der Waals surface area contributed by atoms with E-state index in [1.165, 1.54) is 11.3 Å². The van der Waals surface area contributed by atoms with E-state index in [0.29, 0.717) is 11.3 Å². The van der Waals surface area contributed by atoms with Crippen molar-refractivity contribution in [1.82, 2.24) is 5.32 Å². The lowest BCUT2D eigenvalue weighted by Gasteiger charge is -2.13. The zero-order chi connectivity index (χ0) is 13.4. The number of carbonyl (C=O) groups excluding carboxylic acids is 1. The first-order valence-corrected chi connectivity index (χ1v) is 7.03. The minimum Gasteiger partial charge on any atom is -0.395 e.